The second kappa shape index (κ2) is 6.20. The standard InChI is InChI=1S/C16H13Cl2N3/c17-13-5-3-4-12(16(13)18)10-20-14-6-1-2-7-15(14)21-9-8-19-11-21/h1-9,11,20H,10H2. The average Bonchev–Trinajstić information content (AvgIpc) is 3.03. The molecule has 5 heteroatoms. The highest BCUT2D eigenvalue weighted by molar-refractivity contribution is 6.42. The third-order valence-electron chi connectivity index (χ3n) is 3.19. The van der Waals surface area contributed by atoms with Crippen LogP contribution in [0.2, 0.25) is 10.0 Å². The van der Waals surface area contributed by atoms with Crippen LogP contribution in [0.4, 0.5) is 5.69 Å². The number of aromatic nitrogens is 2. The van der Waals surface area contributed by atoms with Crippen molar-refractivity contribution < 1.29 is 0 Å². The van der Waals surface area contributed by atoms with Crippen LogP contribution in [-0.4, -0.2) is 9.55 Å². The number of nitrogens with one attached hydrogen (secondary N) is 1. The first-order chi connectivity index (χ1) is 10.3. The number of hydrogen-bond acceptors (Lipinski definition) is 2. The first-order valence-electron chi connectivity index (χ1n) is 6.50. The van der Waals surface area contributed by atoms with E-state index in [1.807, 2.05) is 47.2 Å². The van der Waals surface area contributed by atoms with Gasteiger partial charge in [-0.05, 0) is 23.8 Å². The van der Waals surface area contributed by atoms with Crippen LogP contribution in [0.5, 0.6) is 0 Å². The number of benzene rings is 2. The molecule has 0 fully saturated rings. The first-order valence-corrected chi connectivity index (χ1v) is 7.25. The highest BCUT2D eigenvalue weighted by atomic mass is 35.5. The monoisotopic (exact) mass is 317 g/mol. The molecular weight excluding hydrogens is 305 g/mol. The van der Waals surface area contributed by atoms with E-state index in [4.69, 9.17) is 23.2 Å². The van der Waals surface area contributed by atoms with Crippen molar-refractivity contribution in [3.63, 3.8) is 0 Å². The minimum Gasteiger partial charge on any atom is -0.379 e. The zero-order valence-electron chi connectivity index (χ0n) is 11.1. The van der Waals surface area contributed by atoms with Crippen LogP contribution in [0, 0.1) is 0 Å². The van der Waals surface area contributed by atoms with E-state index in [9.17, 15) is 0 Å². The summed E-state index contributed by atoms with van der Waals surface area (Å²) < 4.78 is 1.96. The number of anilines is 1. The molecule has 1 heterocycles. The molecule has 106 valence electrons. The number of halogens is 2. The van der Waals surface area contributed by atoms with Crippen molar-refractivity contribution in [2.45, 2.75) is 6.54 Å². The maximum atomic E-state index is 6.21. The molecular formula is C16H13Cl2N3. The quantitative estimate of drug-likeness (QED) is 0.749. The van der Waals surface area contributed by atoms with E-state index in [0.717, 1.165) is 16.9 Å². The van der Waals surface area contributed by atoms with Gasteiger partial charge in [-0.25, -0.2) is 4.98 Å². The van der Waals surface area contributed by atoms with Crippen molar-refractivity contribution in [3.8, 4) is 5.69 Å². The van der Waals surface area contributed by atoms with E-state index in [0.29, 0.717) is 16.6 Å². The molecule has 0 aliphatic heterocycles. The zero-order valence-corrected chi connectivity index (χ0v) is 12.6. The number of para-hydroxylation sites is 2. The minimum absolute atomic E-state index is 0.568. The Labute approximate surface area is 133 Å². The van der Waals surface area contributed by atoms with E-state index in [-0.39, 0.29) is 0 Å². The van der Waals surface area contributed by atoms with E-state index >= 15 is 0 Å². The number of rotatable bonds is 4. The Morgan fingerprint density at radius 3 is 2.71 bits per heavy atom. The van der Waals surface area contributed by atoms with Gasteiger partial charge in [-0.2, -0.15) is 0 Å². The Morgan fingerprint density at radius 2 is 1.90 bits per heavy atom. The van der Waals surface area contributed by atoms with Crippen LogP contribution in [0.25, 0.3) is 5.69 Å². The van der Waals surface area contributed by atoms with Crippen molar-refractivity contribution in [2.24, 2.45) is 0 Å². The maximum Gasteiger partial charge on any atom is 0.0992 e. The third-order valence-corrected chi connectivity index (χ3v) is 4.05. The predicted octanol–water partition coefficient (Wildman–Crippen LogP) is 4.79. The SMILES string of the molecule is Clc1cccc(CNc2ccccc2-n2ccnc2)c1Cl. The second-order valence-electron chi connectivity index (χ2n) is 4.55. The highest BCUT2D eigenvalue weighted by Crippen LogP contribution is 2.27. The summed E-state index contributed by atoms with van der Waals surface area (Å²) in [5.41, 5.74) is 3.00. The highest BCUT2D eigenvalue weighted by Gasteiger charge is 2.06. The smallest absolute Gasteiger partial charge is 0.0992 e. The lowest BCUT2D eigenvalue weighted by Crippen LogP contribution is -2.04. The molecule has 2 aromatic carbocycles. The van der Waals surface area contributed by atoms with Crippen LogP contribution in [0.1, 0.15) is 5.56 Å². The van der Waals surface area contributed by atoms with Gasteiger partial charge in [-0.1, -0.05) is 47.5 Å². The Balaban J connectivity index is 1.85. The molecule has 3 nitrogen and oxygen atoms in total. The van der Waals surface area contributed by atoms with Crippen LogP contribution in [0.15, 0.2) is 61.2 Å². The van der Waals surface area contributed by atoms with Gasteiger partial charge >= 0.3 is 0 Å². The molecule has 0 aliphatic carbocycles. The molecule has 3 aromatic rings. The van der Waals surface area contributed by atoms with Gasteiger partial charge in [0.25, 0.3) is 0 Å². The Hall–Kier alpha value is -1.97. The summed E-state index contributed by atoms with van der Waals surface area (Å²) in [6.45, 7) is 0.602. The molecule has 21 heavy (non-hydrogen) atoms. The zero-order chi connectivity index (χ0) is 14.7. The Kier molecular flexibility index (Phi) is 4.13. The van der Waals surface area contributed by atoms with Gasteiger partial charge in [-0.3, -0.25) is 0 Å². The second-order valence-corrected chi connectivity index (χ2v) is 5.34. The van der Waals surface area contributed by atoms with Crippen molar-refractivity contribution in [1.29, 1.82) is 0 Å². The van der Waals surface area contributed by atoms with Crippen LogP contribution in [-0.2, 0) is 6.54 Å². The molecule has 1 N–H and O–H groups in total. The number of hydrogen-bond donors (Lipinski definition) is 1. The van der Waals surface area contributed by atoms with Gasteiger partial charge in [0.15, 0.2) is 0 Å². The fraction of sp³-hybridized carbons (Fsp3) is 0.0625. The topological polar surface area (TPSA) is 29.9 Å². The van der Waals surface area contributed by atoms with E-state index in [1.165, 1.54) is 0 Å². The van der Waals surface area contributed by atoms with Crippen LogP contribution < -0.4 is 5.32 Å². The summed E-state index contributed by atoms with van der Waals surface area (Å²) in [7, 11) is 0. The summed E-state index contributed by atoms with van der Waals surface area (Å²) in [5.74, 6) is 0. The van der Waals surface area contributed by atoms with Crippen molar-refractivity contribution in [1.82, 2.24) is 9.55 Å². The van der Waals surface area contributed by atoms with Gasteiger partial charge in [0.1, 0.15) is 0 Å². The van der Waals surface area contributed by atoms with E-state index in [1.54, 1.807) is 18.6 Å². The largest absolute Gasteiger partial charge is 0.379 e. The van der Waals surface area contributed by atoms with Crippen LogP contribution in [0.3, 0.4) is 0 Å². The molecule has 1 aromatic heterocycles. The number of nitrogens with zero attached hydrogens (tertiary/aromatic N) is 2. The average molecular weight is 318 g/mol. The Morgan fingerprint density at radius 1 is 1.05 bits per heavy atom. The lowest BCUT2D eigenvalue weighted by Gasteiger charge is -2.13. The van der Waals surface area contributed by atoms with Gasteiger partial charge in [0.05, 0.1) is 27.7 Å². The molecule has 0 saturated heterocycles. The van der Waals surface area contributed by atoms with E-state index in [2.05, 4.69) is 10.3 Å². The minimum atomic E-state index is 0.568. The van der Waals surface area contributed by atoms with Gasteiger partial charge in [0, 0.05) is 18.9 Å². The molecule has 0 saturated carbocycles. The lowest BCUT2D eigenvalue weighted by molar-refractivity contribution is 1.04. The molecule has 0 unspecified atom stereocenters. The van der Waals surface area contributed by atoms with Crippen molar-refractivity contribution in [3.05, 3.63) is 76.8 Å². The summed E-state index contributed by atoms with van der Waals surface area (Å²) >= 11 is 12.2. The fourth-order valence-corrected chi connectivity index (χ4v) is 2.51. The summed E-state index contributed by atoms with van der Waals surface area (Å²) in [5, 5.41) is 4.55. The van der Waals surface area contributed by atoms with Gasteiger partial charge < -0.3 is 9.88 Å². The molecule has 0 bridgehead atoms. The summed E-state index contributed by atoms with van der Waals surface area (Å²) in [4.78, 5) is 4.08. The Bertz CT molecular complexity index is 739. The molecule has 0 radical (unpaired) electrons. The van der Waals surface area contributed by atoms with Crippen molar-refractivity contribution >= 4 is 28.9 Å². The first kappa shape index (κ1) is 14.0. The normalized spacial score (nSPS) is 10.6. The molecule has 0 spiro atoms. The van der Waals surface area contributed by atoms with Gasteiger partial charge in [0.2, 0.25) is 0 Å². The number of imidazole rings is 1. The summed E-state index contributed by atoms with van der Waals surface area (Å²) in [6.07, 6.45) is 5.43. The molecule has 0 amide bonds. The predicted molar refractivity (Wildman–Crippen MR) is 87.4 cm³/mol. The van der Waals surface area contributed by atoms with Crippen molar-refractivity contribution in [2.75, 3.05) is 5.32 Å². The summed E-state index contributed by atoms with van der Waals surface area (Å²) in [6, 6.07) is 13.7. The molecule has 0 aliphatic rings. The maximum absolute atomic E-state index is 6.21. The van der Waals surface area contributed by atoms with Crippen LogP contribution >= 0.6 is 23.2 Å². The lowest BCUT2D eigenvalue weighted by atomic mass is 10.2. The molecule has 0 atom stereocenters. The van der Waals surface area contributed by atoms with E-state index < -0.39 is 0 Å². The third kappa shape index (κ3) is 3.04. The van der Waals surface area contributed by atoms with Gasteiger partial charge in [-0.15, -0.1) is 0 Å². The fourth-order valence-electron chi connectivity index (χ4n) is 2.13. The molecule has 3 rings (SSSR count).